The normalized spacial score (nSPS) is 10.3. The zero-order valence-electron chi connectivity index (χ0n) is 16.0. The summed E-state index contributed by atoms with van der Waals surface area (Å²) in [5.74, 6) is -0.639. The molecule has 0 aliphatic carbocycles. The molecule has 0 atom stereocenters. The quantitative estimate of drug-likeness (QED) is 0.357. The van der Waals surface area contributed by atoms with E-state index in [1.54, 1.807) is 0 Å². The first-order valence-corrected chi connectivity index (χ1v) is 9.64. The second-order valence-electron chi connectivity index (χ2n) is 6.24. The molecular weight excluding hydrogens is 328 g/mol. The molecule has 0 spiro atoms. The lowest BCUT2D eigenvalue weighted by Gasteiger charge is -2.18. The van der Waals surface area contributed by atoms with Crippen molar-refractivity contribution in [3.63, 3.8) is 0 Å². The molecule has 0 aliphatic rings. The van der Waals surface area contributed by atoms with Crippen LogP contribution >= 0.6 is 0 Å². The maximum Gasteiger partial charge on any atom is 0.246 e. The monoisotopic (exact) mass is 360 g/mol. The van der Waals surface area contributed by atoms with Crippen molar-refractivity contribution in [3.05, 3.63) is 12.2 Å². The van der Waals surface area contributed by atoms with Crippen molar-refractivity contribution in [2.45, 2.75) is 71.1 Å². The predicted octanol–water partition coefficient (Wildman–Crippen LogP) is 3.46. The smallest absolute Gasteiger partial charge is 0.246 e. The van der Waals surface area contributed by atoms with Crippen LogP contribution in [0.15, 0.2) is 12.2 Å². The summed E-state index contributed by atoms with van der Waals surface area (Å²) in [5.41, 5.74) is 0. The van der Waals surface area contributed by atoms with E-state index in [-0.39, 0.29) is 37.7 Å². The highest BCUT2D eigenvalue weighted by molar-refractivity contribution is 5.96. The van der Waals surface area contributed by atoms with Crippen LogP contribution in [-0.4, -0.2) is 36.3 Å². The molecule has 6 nitrogen and oxygen atoms in total. The molecule has 0 saturated heterocycles. The lowest BCUT2D eigenvalue weighted by atomic mass is 10.1. The number of amides is 2. The first kappa shape index (κ1) is 23.7. The van der Waals surface area contributed by atoms with E-state index in [0.717, 1.165) is 12.8 Å². The van der Waals surface area contributed by atoms with Crippen LogP contribution in [0.3, 0.4) is 0 Å². The Kier molecular flexibility index (Phi) is 15.9. The van der Waals surface area contributed by atoms with Crippen LogP contribution in [0.1, 0.15) is 71.1 Å². The molecule has 0 bridgehead atoms. The van der Waals surface area contributed by atoms with Crippen LogP contribution in [0.25, 0.3) is 0 Å². The minimum atomic E-state index is -0.349. The summed E-state index contributed by atoms with van der Waals surface area (Å²) in [6.07, 6.45) is 12.5. The third-order valence-corrected chi connectivity index (χ3v) is 4.01. The van der Waals surface area contributed by atoms with Gasteiger partial charge in [0.1, 0.15) is 0 Å². The molecule has 0 aromatic rings. The van der Waals surface area contributed by atoms with E-state index in [1.807, 2.05) is 12.1 Å². The second kappa shape index (κ2) is 17.5. The summed E-state index contributed by atoms with van der Waals surface area (Å²) in [6, 6.07) is 3.95. The highest BCUT2D eigenvalue weighted by atomic mass is 16.2. The summed E-state index contributed by atoms with van der Waals surface area (Å²) in [4.78, 5) is 25.2. The van der Waals surface area contributed by atoms with Gasteiger partial charge in [0.05, 0.1) is 25.0 Å². The fraction of sp³-hybridized carbons (Fsp3) is 0.700. The van der Waals surface area contributed by atoms with Gasteiger partial charge in [-0.2, -0.15) is 10.5 Å². The third-order valence-electron chi connectivity index (χ3n) is 4.01. The molecule has 0 aromatic heterocycles. The molecule has 0 aliphatic heterocycles. The molecule has 2 amide bonds. The zero-order valence-corrected chi connectivity index (χ0v) is 16.0. The van der Waals surface area contributed by atoms with Gasteiger partial charge in [-0.1, -0.05) is 51.9 Å². The number of carbonyl (C=O) groups excluding carboxylic acids is 2. The molecular formula is C20H32N4O2. The van der Waals surface area contributed by atoms with Gasteiger partial charge in [0.15, 0.2) is 0 Å². The molecule has 26 heavy (non-hydrogen) atoms. The van der Waals surface area contributed by atoms with E-state index in [9.17, 15) is 9.59 Å². The van der Waals surface area contributed by atoms with E-state index in [2.05, 4.69) is 12.2 Å². The number of rotatable bonds is 15. The lowest BCUT2D eigenvalue weighted by molar-refractivity contribution is -0.126. The number of nitrogens with one attached hydrogen (secondary N) is 1. The van der Waals surface area contributed by atoms with Gasteiger partial charge in [0, 0.05) is 31.8 Å². The van der Waals surface area contributed by atoms with Gasteiger partial charge in [-0.25, -0.2) is 0 Å². The fourth-order valence-corrected chi connectivity index (χ4v) is 2.48. The Hall–Kier alpha value is -2.34. The van der Waals surface area contributed by atoms with Gasteiger partial charge in [0.2, 0.25) is 11.8 Å². The number of nitrogens with zero attached hydrogens (tertiary/aromatic N) is 3. The molecule has 0 unspecified atom stereocenters. The van der Waals surface area contributed by atoms with Gasteiger partial charge in [-0.3, -0.25) is 9.59 Å². The highest BCUT2D eigenvalue weighted by Gasteiger charge is 2.10. The van der Waals surface area contributed by atoms with Crippen LogP contribution in [0.5, 0.6) is 0 Å². The molecule has 0 rings (SSSR count). The lowest BCUT2D eigenvalue weighted by Crippen LogP contribution is -2.32. The van der Waals surface area contributed by atoms with E-state index in [4.69, 9.17) is 10.5 Å². The van der Waals surface area contributed by atoms with Crippen LogP contribution < -0.4 is 5.32 Å². The number of carbonyl (C=O) groups is 2. The van der Waals surface area contributed by atoms with E-state index in [0.29, 0.717) is 6.54 Å². The molecule has 1 N–H and O–H groups in total. The van der Waals surface area contributed by atoms with Crippen molar-refractivity contribution in [3.8, 4) is 12.1 Å². The largest absolute Gasteiger partial charge is 0.353 e. The summed E-state index contributed by atoms with van der Waals surface area (Å²) >= 11 is 0. The predicted molar refractivity (Wildman–Crippen MR) is 102 cm³/mol. The fourth-order valence-electron chi connectivity index (χ4n) is 2.48. The van der Waals surface area contributed by atoms with Crippen LogP contribution in [0.4, 0.5) is 0 Å². The Labute approximate surface area is 157 Å². The molecule has 0 radical (unpaired) electrons. The summed E-state index contributed by atoms with van der Waals surface area (Å²) in [6.45, 7) is 3.35. The Morgan fingerprint density at radius 2 is 1.42 bits per heavy atom. The Balaban J connectivity index is 3.93. The Morgan fingerprint density at radius 3 is 1.96 bits per heavy atom. The number of hydrogen-bond acceptors (Lipinski definition) is 4. The molecule has 144 valence electrons. The first-order valence-electron chi connectivity index (χ1n) is 9.64. The van der Waals surface area contributed by atoms with Crippen molar-refractivity contribution in [2.75, 3.05) is 19.6 Å². The summed E-state index contributed by atoms with van der Waals surface area (Å²) < 4.78 is 0. The zero-order chi connectivity index (χ0) is 19.5. The van der Waals surface area contributed by atoms with Crippen molar-refractivity contribution >= 4 is 11.8 Å². The highest BCUT2D eigenvalue weighted by Crippen LogP contribution is 2.07. The minimum Gasteiger partial charge on any atom is -0.353 e. The topological polar surface area (TPSA) is 97.0 Å². The average molecular weight is 361 g/mol. The number of nitriles is 2. The average Bonchev–Trinajstić information content (AvgIpc) is 2.65. The Bertz CT molecular complexity index is 485. The molecule has 0 aromatic carbocycles. The third kappa shape index (κ3) is 14.0. The molecule has 0 heterocycles. The molecule has 0 fully saturated rings. The van der Waals surface area contributed by atoms with Crippen molar-refractivity contribution < 1.29 is 9.59 Å². The molecule has 6 heteroatoms. The van der Waals surface area contributed by atoms with Crippen molar-refractivity contribution in [1.29, 1.82) is 10.5 Å². The number of hydrogen-bond donors (Lipinski definition) is 1. The SMILES string of the molecule is CCCCCCCCCCNC(=O)/C=C\C(=O)N(CCC#N)CCC#N. The minimum absolute atomic E-state index is 0.204. The first-order chi connectivity index (χ1) is 12.7. The molecule has 0 saturated carbocycles. The van der Waals surface area contributed by atoms with Crippen LogP contribution in [-0.2, 0) is 9.59 Å². The van der Waals surface area contributed by atoms with E-state index in [1.165, 1.54) is 55.6 Å². The maximum atomic E-state index is 12.0. The van der Waals surface area contributed by atoms with Gasteiger partial charge in [-0.05, 0) is 6.42 Å². The van der Waals surface area contributed by atoms with Crippen molar-refractivity contribution in [1.82, 2.24) is 10.2 Å². The van der Waals surface area contributed by atoms with Crippen LogP contribution in [0.2, 0.25) is 0 Å². The summed E-state index contributed by atoms with van der Waals surface area (Å²) in [5, 5.41) is 20.0. The van der Waals surface area contributed by atoms with Gasteiger partial charge < -0.3 is 10.2 Å². The maximum absolute atomic E-state index is 12.0. The van der Waals surface area contributed by atoms with Crippen molar-refractivity contribution in [2.24, 2.45) is 0 Å². The summed E-state index contributed by atoms with van der Waals surface area (Å²) in [7, 11) is 0. The van der Waals surface area contributed by atoms with Crippen LogP contribution in [0, 0.1) is 22.7 Å². The standard InChI is InChI=1S/C20H32N4O2/c1-2-3-4-5-6-7-8-9-16-23-19(25)12-13-20(26)24(17-10-14-21)18-11-15-22/h12-13H,2-11,16-18H2,1H3,(H,23,25)/b13-12-. The second-order valence-corrected chi connectivity index (χ2v) is 6.24. The van der Waals surface area contributed by atoms with Gasteiger partial charge >= 0.3 is 0 Å². The van der Waals surface area contributed by atoms with Gasteiger partial charge in [0.25, 0.3) is 0 Å². The Morgan fingerprint density at radius 1 is 0.885 bits per heavy atom. The van der Waals surface area contributed by atoms with Gasteiger partial charge in [-0.15, -0.1) is 0 Å². The number of unbranched alkanes of at least 4 members (excludes halogenated alkanes) is 7. The van der Waals surface area contributed by atoms with E-state index < -0.39 is 0 Å². The van der Waals surface area contributed by atoms with E-state index >= 15 is 0 Å².